The zero-order valence-electron chi connectivity index (χ0n) is 11.4. The molecule has 1 amide bonds. The van der Waals surface area contributed by atoms with E-state index in [1.165, 1.54) is 12.1 Å². The van der Waals surface area contributed by atoms with Gasteiger partial charge in [-0.3, -0.25) is 9.89 Å². The number of anilines is 1. The minimum Gasteiger partial charge on any atom is -0.305 e. The van der Waals surface area contributed by atoms with Gasteiger partial charge in [0.1, 0.15) is 5.82 Å². The fraction of sp³-hybridized carbons (Fsp3) is 0.286. The van der Waals surface area contributed by atoms with Gasteiger partial charge in [-0.1, -0.05) is 36.7 Å². The van der Waals surface area contributed by atoms with Gasteiger partial charge in [0.25, 0.3) is 5.91 Å². The Labute approximate surface area is 124 Å². The zero-order valence-corrected chi connectivity index (χ0v) is 13.0. The molecule has 0 fully saturated rings. The van der Waals surface area contributed by atoms with E-state index in [4.69, 9.17) is 0 Å². The molecule has 4 nitrogen and oxygen atoms in total. The van der Waals surface area contributed by atoms with Crippen LogP contribution < -0.4 is 5.32 Å². The quantitative estimate of drug-likeness (QED) is 0.872. The number of hydrogen-bond acceptors (Lipinski definition) is 2. The molecule has 2 aromatic rings. The highest BCUT2D eigenvalue weighted by Crippen LogP contribution is 2.22. The summed E-state index contributed by atoms with van der Waals surface area (Å²) in [6.07, 6.45) is 0. The van der Waals surface area contributed by atoms with Crippen molar-refractivity contribution in [2.24, 2.45) is 0 Å². The maximum atomic E-state index is 13.6. The first-order chi connectivity index (χ1) is 9.27. The second-order valence-electron chi connectivity index (χ2n) is 5.50. The largest absolute Gasteiger partial charge is 0.305 e. The molecule has 106 valence electrons. The Morgan fingerprint density at radius 3 is 2.65 bits per heavy atom. The third-order valence-electron chi connectivity index (χ3n) is 2.80. The zero-order chi connectivity index (χ0) is 14.9. The molecule has 0 spiro atoms. The molecule has 0 unspecified atom stereocenters. The maximum absolute atomic E-state index is 13.6. The molecule has 0 bridgehead atoms. The fourth-order valence-electron chi connectivity index (χ4n) is 1.63. The lowest BCUT2D eigenvalue weighted by atomic mass is 9.92. The van der Waals surface area contributed by atoms with Crippen molar-refractivity contribution in [1.29, 1.82) is 0 Å². The first kappa shape index (κ1) is 14.7. The number of amides is 1. The lowest BCUT2D eigenvalue weighted by Crippen LogP contribution is -2.14. The number of rotatable bonds is 2. The Hall–Kier alpha value is -1.69. The Bertz CT molecular complexity index is 646. The van der Waals surface area contributed by atoms with Crippen LogP contribution in [0, 0.1) is 5.82 Å². The molecule has 20 heavy (non-hydrogen) atoms. The van der Waals surface area contributed by atoms with Gasteiger partial charge in [-0.15, -0.1) is 0 Å². The van der Waals surface area contributed by atoms with Crippen LogP contribution in [0.15, 0.2) is 28.7 Å². The van der Waals surface area contributed by atoms with Crippen LogP contribution in [0.1, 0.15) is 36.8 Å². The summed E-state index contributed by atoms with van der Waals surface area (Å²) in [6, 6.07) is 5.96. The van der Waals surface area contributed by atoms with E-state index in [0.717, 1.165) is 5.69 Å². The van der Waals surface area contributed by atoms with Gasteiger partial charge in [0.15, 0.2) is 5.82 Å². The third kappa shape index (κ3) is 3.25. The SMILES string of the molecule is CC(C)(C)c1cc(NC(=O)c2cc(Br)ccc2F)n[nH]1. The number of aromatic amines is 1. The van der Waals surface area contributed by atoms with Crippen molar-refractivity contribution in [2.75, 3.05) is 5.32 Å². The number of nitrogens with zero attached hydrogens (tertiary/aromatic N) is 1. The molecular formula is C14H15BrFN3O. The van der Waals surface area contributed by atoms with Gasteiger partial charge < -0.3 is 5.32 Å². The van der Waals surface area contributed by atoms with Gasteiger partial charge in [0.05, 0.1) is 5.56 Å². The Morgan fingerprint density at radius 1 is 1.35 bits per heavy atom. The van der Waals surface area contributed by atoms with Crippen LogP contribution in [0.5, 0.6) is 0 Å². The summed E-state index contributed by atoms with van der Waals surface area (Å²) < 4.78 is 14.2. The molecule has 0 aliphatic carbocycles. The van der Waals surface area contributed by atoms with E-state index < -0.39 is 11.7 Å². The first-order valence-corrected chi connectivity index (χ1v) is 6.89. The highest BCUT2D eigenvalue weighted by atomic mass is 79.9. The minimum absolute atomic E-state index is 0.0281. The average Bonchev–Trinajstić information content (AvgIpc) is 2.80. The number of hydrogen-bond donors (Lipinski definition) is 2. The Balaban J connectivity index is 2.20. The second kappa shape index (κ2) is 5.36. The normalized spacial score (nSPS) is 11.4. The van der Waals surface area contributed by atoms with Crippen molar-refractivity contribution >= 4 is 27.7 Å². The molecule has 0 atom stereocenters. The van der Waals surface area contributed by atoms with E-state index in [0.29, 0.717) is 10.3 Å². The number of benzene rings is 1. The van der Waals surface area contributed by atoms with Crippen LogP contribution in [0.4, 0.5) is 10.2 Å². The van der Waals surface area contributed by atoms with Gasteiger partial charge in [-0.2, -0.15) is 5.10 Å². The molecule has 1 heterocycles. The van der Waals surface area contributed by atoms with E-state index in [9.17, 15) is 9.18 Å². The van der Waals surface area contributed by atoms with E-state index in [1.807, 2.05) is 20.8 Å². The predicted molar refractivity (Wildman–Crippen MR) is 79.3 cm³/mol. The lowest BCUT2D eigenvalue weighted by Gasteiger charge is -2.14. The van der Waals surface area contributed by atoms with Crippen LogP contribution in [0.2, 0.25) is 0 Å². The van der Waals surface area contributed by atoms with Gasteiger partial charge >= 0.3 is 0 Å². The molecule has 2 N–H and O–H groups in total. The maximum Gasteiger partial charge on any atom is 0.259 e. The van der Waals surface area contributed by atoms with Gasteiger partial charge in [0, 0.05) is 21.6 Å². The Kier molecular flexibility index (Phi) is 3.94. The van der Waals surface area contributed by atoms with Crippen molar-refractivity contribution in [1.82, 2.24) is 10.2 Å². The lowest BCUT2D eigenvalue weighted by molar-refractivity contribution is 0.102. The van der Waals surface area contributed by atoms with E-state index >= 15 is 0 Å². The van der Waals surface area contributed by atoms with Crippen molar-refractivity contribution < 1.29 is 9.18 Å². The van der Waals surface area contributed by atoms with Crippen LogP contribution >= 0.6 is 15.9 Å². The summed E-state index contributed by atoms with van der Waals surface area (Å²) in [5.41, 5.74) is 0.763. The van der Waals surface area contributed by atoms with Crippen molar-refractivity contribution in [3.05, 3.63) is 45.8 Å². The molecule has 1 aromatic heterocycles. The van der Waals surface area contributed by atoms with E-state index in [-0.39, 0.29) is 11.0 Å². The summed E-state index contributed by atoms with van der Waals surface area (Å²) in [5, 5.41) is 9.45. The molecule has 1 aromatic carbocycles. The number of carbonyl (C=O) groups excluding carboxylic acids is 1. The van der Waals surface area contributed by atoms with Crippen molar-refractivity contribution in [3.63, 3.8) is 0 Å². The molecule has 6 heteroatoms. The number of aromatic nitrogens is 2. The molecular weight excluding hydrogens is 325 g/mol. The van der Waals surface area contributed by atoms with Gasteiger partial charge in [0.2, 0.25) is 0 Å². The fourth-order valence-corrected chi connectivity index (χ4v) is 1.99. The highest BCUT2D eigenvalue weighted by Gasteiger charge is 2.18. The minimum atomic E-state index is -0.572. The molecule has 0 aliphatic heterocycles. The molecule has 0 aliphatic rings. The summed E-state index contributed by atoms with van der Waals surface area (Å²) >= 11 is 3.21. The molecule has 0 saturated carbocycles. The molecule has 0 radical (unpaired) electrons. The van der Waals surface area contributed by atoms with E-state index in [2.05, 4.69) is 31.4 Å². The monoisotopic (exact) mass is 339 g/mol. The topological polar surface area (TPSA) is 57.8 Å². The number of nitrogens with one attached hydrogen (secondary N) is 2. The van der Waals surface area contributed by atoms with Crippen LogP contribution in [0.25, 0.3) is 0 Å². The van der Waals surface area contributed by atoms with Crippen LogP contribution in [-0.4, -0.2) is 16.1 Å². The number of H-pyrrole nitrogens is 1. The third-order valence-corrected chi connectivity index (χ3v) is 3.29. The van der Waals surface area contributed by atoms with Crippen LogP contribution in [-0.2, 0) is 5.41 Å². The highest BCUT2D eigenvalue weighted by molar-refractivity contribution is 9.10. The second-order valence-corrected chi connectivity index (χ2v) is 6.41. The predicted octanol–water partition coefficient (Wildman–Crippen LogP) is 3.86. The smallest absolute Gasteiger partial charge is 0.259 e. The number of halogens is 2. The number of carbonyl (C=O) groups is 1. The summed E-state index contributed by atoms with van der Waals surface area (Å²) in [4.78, 5) is 12.0. The van der Waals surface area contributed by atoms with Gasteiger partial charge in [-0.25, -0.2) is 4.39 Å². The van der Waals surface area contributed by atoms with E-state index in [1.54, 1.807) is 12.1 Å². The summed E-state index contributed by atoms with van der Waals surface area (Å²) in [7, 11) is 0. The van der Waals surface area contributed by atoms with Gasteiger partial charge in [-0.05, 0) is 18.2 Å². The Morgan fingerprint density at radius 2 is 2.05 bits per heavy atom. The van der Waals surface area contributed by atoms with Crippen LogP contribution in [0.3, 0.4) is 0 Å². The van der Waals surface area contributed by atoms with Crippen molar-refractivity contribution in [2.45, 2.75) is 26.2 Å². The van der Waals surface area contributed by atoms with Crippen molar-refractivity contribution in [3.8, 4) is 0 Å². The summed E-state index contributed by atoms with van der Waals surface area (Å²) in [6.45, 7) is 6.08. The molecule has 2 rings (SSSR count). The molecule has 0 saturated heterocycles. The first-order valence-electron chi connectivity index (χ1n) is 6.09. The average molecular weight is 340 g/mol. The summed E-state index contributed by atoms with van der Waals surface area (Å²) in [5.74, 6) is -0.729. The standard InChI is InChI=1S/C14H15BrFN3O/c1-14(2,3)11-7-12(19-18-11)17-13(20)9-6-8(15)4-5-10(9)16/h4-7H,1-3H3,(H2,17,18,19,20).